The van der Waals surface area contributed by atoms with Gasteiger partial charge in [0.2, 0.25) is 0 Å². The largest absolute Gasteiger partial charge is 0.480 e. The highest BCUT2D eigenvalue weighted by molar-refractivity contribution is 8.13. The number of halogens is 1. The van der Waals surface area contributed by atoms with Crippen molar-refractivity contribution < 1.29 is 17.9 Å². The molecule has 1 unspecified atom stereocenters. The monoisotopic (exact) mass is 303 g/mol. The van der Waals surface area contributed by atoms with E-state index < -0.39 is 15.2 Å². The maximum absolute atomic E-state index is 11.8. The fraction of sp³-hybridized carbons (Fsp3) is 0.417. The van der Waals surface area contributed by atoms with Gasteiger partial charge < -0.3 is 10.1 Å². The number of carbonyl (C=O) groups is 1. The maximum Gasteiger partial charge on any atom is 0.261 e. The van der Waals surface area contributed by atoms with Crippen LogP contribution >= 0.6 is 10.7 Å². The molecule has 7 heteroatoms. The van der Waals surface area contributed by atoms with E-state index in [1.807, 2.05) is 13.8 Å². The third-order valence-corrected chi connectivity index (χ3v) is 4.06. The van der Waals surface area contributed by atoms with Gasteiger partial charge in [0.25, 0.3) is 15.0 Å². The summed E-state index contributed by atoms with van der Waals surface area (Å²) in [6.07, 6.45) is -0.278. The highest BCUT2D eigenvalue weighted by Gasteiger charge is 2.30. The molecule has 1 aliphatic heterocycles. The van der Waals surface area contributed by atoms with Crippen LogP contribution in [0.1, 0.15) is 19.4 Å². The van der Waals surface area contributed by atoms with E-state index in [0.717, 1.165) is 0 Å². The Hall–Kier alpha value is -1.27. The summed E-state index contributed by atoms with van der Waals surface area (Å²) >= 11 is 0. The van der Waals surface area contributed by atoms with Crippen molar-refractivity contribution in [1.29, 1.82) is 0 Å². The zero-order valence-electron chi connectivity index (χ0n) is 10.5. The van der Waals surface area contributed by atoms with Crippen LogP contribution in [0.4, 0.5) is 0 Å². The number of hydrogen-bond donors (Lipinski definition) is 1. The molecule has 0 fully saturated rings. The predicted molar refractivity (Wildman–Crippen MR) is 70.9 cm³/mol. The summed E-state index contributed by atoms with van der Waals surface area (Å²) in [5.74, 6) is 0.314. The number of benzene rings is 1. The minimum Gasteiger partial charge on any atom is -0.480 e. The van der Waals surface area contributed by atoms with Gasteiger partial charge in [0.1, 0.15) is 5.75 Å². The van der Waals surface area contributed by atoms with Crippen molar-refractivity contribution in [3.05, 3.63) is 23.8 Å². The molecule has 0 radical (unpaired) electrons. The van der Waals surface area contributed by atoms with Crippen LogP contribution in [0.2, 0.25) is 0 Å². The van der Waals surface area contributed by atoms with E-state index in [2.05, 4.69) is 5.32 Å². The molecular formula is C12H14ClNO4S. The smallest absolute Gasteiger partial charge is 0.261 e. The Morgan fingerprint density at radius 1 is 1.47 bits per heavy atom. The number of hydrogen-bond acceptors (Lipinski definition) is 4. The number of carbonyl (C=O) groups excluding carboxylic acids is 1. The number of fused-ring (bicyclic) bond motifs is 1. The first-order valence-electron chi connectivity index (χ1n) is 5.82. The Balaban J connectivity index is 2.19. The molecule has 0 saturated heterocycles. The summed E-state index contributed by atoms with van der Waals surface area (Å²) in [4.78, 5) is 11.8. The van der Waals surface area contributed by atoms with Gasteiger partial charge in [-0.15, -0.1) is 0 Å². The molecule has 1 heterocycles. The summed E-state index contributed by atoms with van der Waals surface area (Å²) in [5.41, 5.74) is 0.672. The Labute approximate surface area is 116 Å². The first-order chi connectivity index (χ1) is 8.77. The minimum absolute atomic E-state index is 0.0152. The van der Waals surface area contributed by atoms with Crippen molar-refractivity contribution in [2.24, 2.45) is 0 Å². The zero-order valence-corrected chi connectivity index (χ0v) is 12.1. The van der Waals surface area contributed by atoms with Crippen molar-refractivity contribution in [3.63, 3.8) is 0 Å². The fourth-order valence-electron chi connectivity index (χ4n) is 1.90. The highest BCUT2D eigenvalue weighted by Crippen LogP contribution is 2.31. The van der Waals surface area contributed by atoms with Gasteiger partial charge >= 0.3 is 0 Å². The molecule has 1 N–H and O–H groups in total. The first kappa shape index (κ1) is 14.1. The molecule has 1 amide bonds. The molecule has 0 aromatic heterocycles. The Bertz CT molecular complexity index is 612. The van der Waals surface area contributed by atoms with Gasteiger partial charge in [0.05, 0.1) is 4.90 Å². The van der Waals surface area contributed by atoms with Gasteiger partial charge in [-0.2, -0.15) is 0 Å². The quantitative estimate of drug-likeness (QED) is 0.858. The Kier molecular flexibility index (Phi) is 3.73. The fourth-order valence-corrected chi connectivity index (χ4v) is 2.70. The van der Waals surface area contributed by atoms with E-state index in [-0.39, 0.29) is 16.8 Å². The number of ether oxygens (including phenoxy) is 1. The van der Waals surface area contributed by atoms with Crippen LogP contribution in [0.5, 0.6) is 5.75 Å². The van der Waals surface area contributed by atoms with E-state index in [4.69, 9.17) is 15.4 Å². The topological polar surface area (TPSA) is 72.5 Å². The highest BCUT2D eigenvalue weighted by atomic mass is 35.7. The lowest BCUT2D eigenvalue weighted by Crippen LogP contribution is -2.40. The average molecular weight is 304 g/mol. The molecule has 2 rings (SSSR count). The third-order valence-electron chi connectivity index (χ3n) is 2.71. The third kappa shape index (κ3) is 3.19. The lowest BCUT2D eigenvalue weighted by Gasteiger charge is -2.13. The summed E-state index contributed by atoms with van der Waals surface area (Å²) in [7, 11) is 1.52. The van der Waals surface area contributed by atoms with Crippen molar-refractivity contribution in [3.8, 4) is 5.75 Å². The molecule has 1 aromatic rings. The van der Waals surface area contributed by atoms with Crippen LogP contribution in [0.3, 0.4) is 0 Å². The first-order valence-corrected chi connectivity index (χ1v) is 8.13. The van der Waals surface area contributed by atoms with Crippen LogP contribution in [-0.2, 0) is 20.3 Å². The van der Waals surface area contributed by atoms with Crippen LogP contribution in [-0.4, -0.2) is 26.5 Å². The number of rotatable bonds is 3. The molecule has 5 nitrogen and oxygen atoms in total. The lowest BCUT2D eigenvalue weighted by atomic mass is 10.1. The van der Waals surface area contributed by atoms with Gasteiger partial charge in [0, 0.05) is 23.1 Å². The van der Waals surface area contributed by atoms with Crippen molar-refractivity contribution >= 4 is 25.6 Å². The van der Waals surface area contributed by atoms with Crippen LogP contribution in [0, 0.1) is 0 Å². The molecule has 1 aromatic carbocycles. The van der Waals surface area contributed by atoms with Gasteiger partial charge in [-0.3, -0.25) is 4.79 Å². The standard InChI is InChI=1S/C12H14ClNO4S/c1-7(2)14-12(15)11-6-8-5-9(19(13,16)17)3-4-10(8)18-11/h3-5,7,11H,6H2,1-2H3,(H,14,15). The molecule has 1 atom stereocenters. The van der Waals surface area contributed by atoms with E-state index in [1.54, 1.807) is 0 Å². The van der Waals surface area contributed by atoms with Crippen LogP contribution < -0.4 is 10.1 Å². The van der Waals surface area contributed by atoms with E-state index in [9.17, 15) is 13.2 Å². The van der Waals surface area contributed by atoms with Crippen molar-refractivity contribution in [1.82, 2.24) is 5.32 Å². The number of nitrogens with one attached hydrogen (secondary N) is 1. The average Bonchev–Trinajstić information content (AvgIpc) is 2.69. The molecule has 0 spiro atoms. The lowest BCUT2D eigenvalue weighted by molar-refractivity contribution is -0.127. The molecule has 0 saturated carbocycles. The van der Waals surface area contributed by atoms with Crippen molar-refractivity contribution in [2.45, 2.75) is 37.3 Å². The second-order valence-electron chi connectivity index (χ2n) is 4.68. The Morgan fingerprint density at radius 3 is 2.74 bits per heavy atom. The van der Waals surface area contributed by atoms with Crippen LogP contribution in [0.15, 0.2) is 23.1 Å². The van der Waals surface area contributed by atoms with Gasteiger partial charge in [-0.25, -0.2) is 8.42 Å². The summed E-state index contributed by atoms with van der Waals surface area (Å²) in [6.45, 7) is 3.72. The second-order valence-corrected chi connectivity index (χ2v) is 7.25. The minimum atomic E-state index is -3.77. The summed E-state index contributed by atoms with van der Waals surface area (Å²) < 4.78 is 28.0. The van der Waals surface area contributed by atoms with Gasteiger partial charge in [-0.05, 0) is 37.6 Å². The SMILES string of the molecule is CC(C)NC(=O)C1Cc2cc(S(=O)(=O)Cl)ccc2O1. The molecule has 1 aliphatic rings. The van der Waals surface area contributed by atoms with E-state index in [0.29, 0.717) is 17.7 Å². The Morgan fingerprint density at radius 2 is 2.16 bits per heavy atom. The maximum atomic E-state index is 11.8. The van der Waals surface area contributed by atoms with E-state index >= 15 is 0 Å². The summed E-state index contributed by atoms with van der Waals surface area (Å²) in [5, 5.41) is 2.76. The second kappa shape index (κ2) is 5.02. The molecule has 19 heavy (non-hydrogen) atoms. The van der Waals surface area contributed by atoms with Gasteiger partial charge in [0.15, 0.2) is 6.10 Å². The molecular weight excluding hydrogens is 290 g/mol. The van der Waals surface area contributed by atoms with Crippen LogP contribution in [0.25, 0.3) is 0 Å². The normalized spacial score (nSPS) is 18.0. The van der Waals surface area contributed by atoms with E-state index in [1.165, 1.54) is 18.2 Å². The van der Waals surface area contributed by atoms with Gasteiger partial charge in [-0.1, -0.05) is 0 Å². The number of amides is 1. The molecule has 0 aliphatic carbocycles. The zero-order chi connectivity index (χ0) is 14.2. The van der Waals surface area contributed by atoms with Crippen molar-refractivity contribution in [2.75, 3.05) is 0 Å². The molecule has 104 valence electrons. The summed E-state index contributed by atoms with van der Waals surface area (Å²) in [6, 6.07) is 4.36. The molecule has 0 bridgehead atoms. The predicted octanol–water partition coefficient (Wildman–Crippen LogP) is 1.44.